The minimum absolute atomic E-state index is 0.267. The summed E-state index contributed by atoms with van der Waals surface area (Å²) in [5, 5.41) is 8.98. The van der Waals surface area contributed by atoms with E-state index in [-0.39, 0.29) is 11.0 Å². The number of hydrogen-bond donors (Lipinski definition) is 1. The zero-order valence-electron chi connectivity index (χ0n) is 13.5. The van der Waals surface area contributed by atoms with E-state index >= 15 is 0 Å². The third kappa shape index (κ3) is 2.62. The molecule has 4 saturated carbocycles. The van der Waals surface area contributed by atoms with E-state index in [4.69, 9.17) is 9.84 Å². The number of rotatable bonds is 4. The van der Waals surface area contributed by atoms with Gasteiger partial charge in [-0.15, -0.1) is 0 Å². The Hall–Kier alpha value is -1.58. The van der Waals surface area contributed by atoms with Gasteiger partial charge in [0.15, 0.2) is 0 Å². The molecular weight excluding hydrogens is 295 g/mol. The first-order valence-electron chi connectivity index (χ1n) is 8.60. The Morgan fingerprint density at radius 2 is 1.78 bits per heavy atom. The highest BCUT2D eigenvalue weighted by Gasteiger charge is 2.51. The molecule has 4 bridgehead atoms. The average molecular weight is 318 g/mol. The number of carboxylic acids is 1. The predicted molar refractivity (Wildman–Crippen MR) is 84.2 cm³/mol. The van der Waals surface area contributed by atoms with Gasteiger partial charge in [-0.2, -0.15) is 0 Å². The molecule has 23 heavy (non-hydrogen) atoms. The van der Waals surface area contributed by atoms with E-state index in [0.29, 0.717) is 17.9 Å². The number of aryl methyl sites for hydroxylation is 1. The molecule has 0 aromatic heterocycles. The number of ether oxygens (including phenoxy) is 1. The van der Waals surface area contributed by atoms with Crippen molar-refractivity contribution in [2.75, 3.05) is 6.61 Å². The maximum Gasteiger partial charge on any atom is 0.338 e. The van der Waals surface area contributed by atoms with Gasteiger partial charge >= 0.3 is 5.97 Å². The summed E-state index contributed by atoms with van der Waals surface area (Å²) in [5.41, 5.74) is 0.668. The summed E-state index contributed by atoms with van der Waals surface area (Å²) in [4.78, 5) is 11.0. The summed E-state index contributed by atoms with van der Waals surface area (Å²) in [6.45, 7) is 2.42. The van der Waals surface area contributed by atoms with Crippen molar-refractivity contribution in [3.05, 3.63) is 29.1 Å². The minimum atomic E-state index is -1.24. The second kappa shape index (κ2) is 5.22. The number of carbonyl (C=O) groups is 1. The number of benzene rings is 1. The first-order chi connectivity index (χ1) is 10.9. The minimum Gasteiger partial charge on any atom is -0.493 e. The van der Waals surface area contributed by atoms with Gasteiger partial charge in [-0.25, -0.2) is 9.18 Å². The van der Waals surface area contributed by atoms with Crippen LogP contribution in [0.15, 0.2) is 12.1 Å². The van der Waals surface area contributed by atoms with Crippen molar-refractivity contribution in [1.29, 1.82) is 0 Å². The monoisotopic (exact) mass is 318 g/mol. The Morgan fingerprint density at radius 1 is 1.22 bits per heavy atom. The Balaban J connectivity index is 1.51. The van der Waals surface area contributed by atoms with Gasteiger partial charge in [0, 0.05) is 11.5 Å². The van der Waals surface area contributed by atoms with Crippen LogP contribution in [0.5, 0.6) is 5.75 Å². The number of carboxylic acid groups (broad SMARTS) is 1. The summed E-state index contributed by atoms with van der Waals surface area (Å²) < 4.78 is 19.9. The normalized spacial score (nSPS) is 34.6. The van der Waals surface area contributed by atoms with Crippen LogP contribution in [0.1, 0.15) is 54.4 Å². The van der Waals surface area contributed by atoms with Crippen molar-refractivity contribution in [2.24, 2.45) is 23.2 Å². The molecule has 4 aliphatic carbocycles. The number of aromatic carboxylic acids is 1. The molecule has 4 aliphatic rings. The zero-order chi connectivity index (χ0) is 16.2. The second-order valence-corrected chi connectivity index (χ2v) is 8.11. The lowest BCUT2D eigenvalue weighted by Crippen LogP contribution is -2.48. The quantitative estimate of drug-likeness (QED) is 0.893. The Labute approximate surface area is 135 Å². The SMILES string of the molecule is Cc1cc(C(=O)O)c(F)cc1OCC12CC3CC(CC(C3)C1)C2. The van der Waals surface area contributed by atoms with Crippen molar-refractivity contribution >= 4 is 5.97 Å². The third-order valence-electron chi connectivity index (χ3n) is 6.19. The standard InChI is InChI=1S/C19H23FO3/c1-11-2-15(18(21)22)16(20)6-17(11)23-10-19-7-12-3-13(8-19)5-14(4-12)9-19/h2,6,12-14H,3-5,7-10H2,1H3,(H,21,22). The maximum atomic E-state index is 13.9. The van der Waals surface area contributed by atoms with E-state index in [9.17, 15) is 9.18 Å². The van der Waals surface area contributed by atoms with Crippen molar-refractivity contribution < 1.29 is 19.0 Å². The fourth-order valence-corrected chi connectivity index (χ4v) is 5.68. The second-order valence-electron chi connectivity index (χ2n) is 8.11. The summed E-state index contributed by atoms with van der Waals surface area (Å²) in [6, 6.07) is 2.60. The molecule has 0 amide bonds. The van der Waals surface area contributed by atoms with E-state index in [1.54, 1.807) is 6.92 Å². The molecule has 0 radical (unpaired) electrons. The lowest BCUT2D eigenvalue weighted by Gasteiger charge is -2.56. The summed E-state index contributed by atoms with van der Waals surface area (Å²) >= 11 is 0. The van der Waals surface area contributed by atoms with Gasteiger partial charge in [-0.3, -0.25) is 0 Å². The molecular formula is C19H23FO3. The first kappa shape index (κ1) is 15.0. The van der Waals surface area contributed by atoms with Crippen LogP contribution >= 0.6 is 0 Å². The van der Waals surface area contributed by atoms with Gasteiger partial charge in [0.05, 0.1) is 12.2 Å². The van der Waals surface area contributed by atoms with Crippen LogP contribution in [-0.4, -0.2) is 17.7 Å². The van der Waals surface area contributed by atoms with E-state index < -0.39 is 11.8 Å². The average Bonchev–Trinajstić information content (AvgIpc) is 2.46. The van der Waals surface area contributed by atoms with Crippen molar-refractivity contribution in [2.45, 2.75) is 45.4 Å². The van der Waals surface area contributed by atoms with Crippen LogP contribution in [0.4, 0.5) is 4.39 Å². The summed E-state index contributed by atoms with van der Waals surface area (Å²) in [7, 11) is 0. The molecule has 1 aromatic carbocycles. The smallest absolute Gasteiger partial charge is 0.338 e. The molecule has 5 rings (SSSR count). The third-order valence-corrected chi connectivity index (χ3v) is 6.19. The number of hydrogen-bond acceptors (Lipinski definition) is 2. The number of halogens is 1. The molecule has 1 aromatic rings. The van der Waals surface area contributed by atoms with Crippen molar-refractivity contribution in [3.8, 4) is 5.75 Å². The van der Waals surface area contributed by atoms with Crippen LogP contribution in [0.25, 0.3) is 0 Å². The van der Waals surface area contributed by atoms with E-state index in [2.05, 4.69) is 0 Å². The molecule has 4 fully saturated rings. The highest BCUT2D eigenvalue weighted by Crippen LogP contribution is 2.60. The van der Waals surface area contributed by atoms with Gasteiger partial charge < -0.3 is 9.84 Å². The topological polar surface area (TPSA) is 46.5 Å². The van der Waals surface area contributed by atoms with Gasteiger partial charge in [-0.05, 0) is 74.8 Å². The molecule has 1 N–H and O–H groups in total. The van der Waals surface area contributed by atoms with Crippen LogP contribution in [0, 0.1) is 35.9 Å². The summed E-state index contributed by atoms with van der Waals surface area (Å²) in [5.74, 6) is 1.11. The summed E-state index contributed by atoms with van der Waals surface area (Å²) in [6.07, 6.45) is 7.90. The largest absolute Gasteiger partial charge is 0.493 e. The van der Waals surface area contributed by atoms with E-state index in [1.165, 1.54) is 50.7 Å². The van der Waals surface area contributed by atoms with Gasteiger partial charge in [0.25, 0.3) is 0 Å². The molecule has 0 saturated heterocycles. The van der Waals surface area contributed by atoms with Gasteiger partial charge in [0.2, 0.25) is 0 Å². The highest BCUT2D eigenvalue weighted by atomic mass is 19.1. The lowest BCUT2D eigenvalue weighted by atomic mass is 9.50. The maximum absolute atomic E-state index is 13.9. The Morgan fingerprint density at radius 3 is 2.30 bits per heavy atom. The lowest BCUT2D eigenvalue weighted by molar-refractivity contribution is -0.0746. The molecule has 3 nitrogen and oxygen atoms in total. The molecule has 0 atom stereocenters. The molecule has 0 heterocycles. The van der Waals surface area contributed by atoms with Crippen LogP contribution < -0.4 is 4.74 Å². The van der Waals surface area contributed by atoms with Crippen LogP contribution in [-0.2, 0) is 0 Å². The molecule has 4 heteroatoms. The fourth-order valence-electron chi connectivity index (χ4n) is 5.68. The fraction of sp³-hybridized carbons (Fsp3) is 0.632. The molecule has 0 aliphatic heterocycles. The molecule has 0 spiro atoms. The van der Waals surface area contributed by atoms with Crippen molar-refractivity contribution in [1.82, 2.24) is 0 Å². The Bertz CT molecular complexity index is 617. The first-order valence-corrected chi connectivity index (χ1v) is 8.60. The van der Waals surface area contributed by atoms with Gasteiger partial charge in [0.1, 0.15) is 11.6 Å². The van der Waals surface area contributed by atoms with Gasteiger partial charge in [-0.1, -0.05) is 0 Å². The zero-order valence-corrected chi connectivity index (χ0v) is 13.5. The predicted octanol–water partition coefficient (Wildman–Crippen LogP) is 4.43. The Kier molecular flexibility index (Phi) is 3.40. The van der Waals surface area contributed by atoms with E-state index in [1.807, 2.05) is 0 Å². The van der Waals surface area contributed by atoms with Crippen LogP contribution in [0.3, 0.4) is 0 Å². The van der Waals surface area contributed by atoms with E-state index in [0.717, 1.165) is 17.8 Å². The van der Waals surface area contributed by atoms with Crippen molar-refractivity contribution in [3.63, 3.8) is 0 Å². The molecule has 124 valence electrons. The highest BCUT2D eigenvalue weighted by molar-refractivity contribution is 5.88. The van der Waals surface area contributed by atoms with Crippen LogP contribution in [0.2, 0.25) is 0 Å². The molecule has 0 unspecified atom stereocenters.